The van der Waals surface area contributed by atoms with Gasteiger partial charge in [0.15, 0.2) is 11.2 Å². The van der Waals surface area contributed by atoms with Gasteiger partial charge in [-0.2, -0.15) is 4.98 Å². The average molecular weight is 337 g/mol. The van der Waals surface area contributed by atoms with Crippen LogP contribution in [0.5, 0.6) is 0 Å². The number of ether oxygens (including phenoxy) is 1. The van der Waals surface area contributed by atoms with Crippen molar-refractivity contribution in [1.29, 1.82) is 0 Å². The number of imidazole rings is 1. The van der Waals surface area contributed by atoms with Gasteiger partial charge in [-0.25, -0.2) is 9.98 Å². The highest BCUT2D eigenvalue weighted by Gasteiger charge is 2.35. The molecule has 1 unspecified atom stereocenters. The third-order valence-corrected chi connectivity index (χ3v) is 3.77. The SMILES string of the molecule is CC(O)C/C=N/c1nc2c(ncn2[C@H]2C[C@H](O)[C@@H](CO)O2)c(=O)[nH]1. The van der Waals surface area contributed by atoms with Crippen LogP contribution in [0.3, 0.4) is 0 Å². The van der Waals surface area contributed by atoms with Crippen LogP contribution in [0.2, 0.25) is 0 Å². The van der Waals surface area contributed by atoms with Gasteiger partial charge >= 0.3 is 0 Å². The Hall–Kier alpha value is -2.14. The van der Waals surface area contributed by atoms with E-state index < -0.39 is 30.1 Å². The molecule has 0 saturated carbocycles. The van der Waals surface area contributed by atoms with Crippen molar-refractivity contribution < 1.29 is 20.1 Å². The molecule has 130 valence electrons. The zero-order valence-electron chi connectivity index (χ0n) is 13.0. The molecule has 3 heterocycles. The fraction of sp³-hybridized carbons (Fsp3) is 0.571. The Morgan fingerprint density at radius 1 is 1.62 bits per heavy atom. The second-order valence-corrected chi connectivity index (χ2v) is 5.72. The van der Waals surface area contributed by atoms with Gasteiger partial charge in [0.2, 0.25) is 5.95 Å². The highest BCUT2D eigenvalue weighted by Crippen LogP contribution is 2.30. The first-order valence-corrected chi connectivity index (χ1v) is 7.61. The number of nitrogens with one attached hydrogen (secondary N) is 1. The number of fused-ring (bicyclic) bond motifs is 1. The fourth-order valence-electron chi connectivity index (χ4n) is 2.53. The highest BCUT2D eigenvalue weighted by molar-refractivity contribution is 5.71. The third-order valence-electron chi connectivity index (χ3n) is 3.77. The Bertz CT molecular complexity index is 798. The van der Waals surface area contributed by atoms with Crippen LogP contribution in [-0.4, -0.2) is 66.0 Å². The molecule has 0 aromatic carbocycles. The average Bonchev–Trinajstić information content (AvgIpc) is 3.10. The van der Waals surface area contributed by atoms with E-state index in [1.165, 1.54) is 17.1 Å². The number of aliphatic hydroxyl groups excluding tert-OH is 3. The molecule has 1 saturated heterocycles. The minimum atomic E-state index is -0.803. The van der Waals surface area contributed by atoms with Crippen molar-refractivity contribution in [3.63, 3.8) is 0 Å². The third kappa shape index (κ3) is 3.22. The second kappa shape index (κ2) is 6.77. The Morgan fingerprint density at radius 2 is 2.42 bits per heavy atom. The van der Waals surface area contributed by atoms with E-state index in [1.807, 2.05) is 0 Å². The van der Waals surface area contributed by atoms with Gasteiger partial charge in [0.05, 0.1) is 25.1 Å². The molecule has 0 amide bonds. The lowest BCUT2D eigenvalue weighted by molar-refractivity contribution is -0.0432. The van der Waals surface area contributed by atoms with Crippen LogP contribution in [0.4, 0.5) is 5.95 Å². The summed E-state index contributed by atoms with van der Waals surface area (Å²) in [6.45, 7) is 1.33. The van der Waals surface area contributed by atoms with Crippen LogP contribution in [0.15, 0.2) is 16.1 Å². The lowest BCUT2D eigenvalue weighted by Gasteiger charge is -2.13. The molecule has 4 N–H and O–H groups in total. The van der Waals surface area contributed by atoms with E-state index in [1.54, 1.807) is 6.92 Å². The summed E-state index contributed by atoms with van der Waals surface area (Å²) < 4.78 is 7.11. The number of rotatable bonds is 5. The summed E-state index contributed by atoms with van der Waals surface area (Å²) in [7, 11) is 0. The molecule has 2 aromatic heterocycles. The summed E-state index contributed by atoms with van der Waals surface area (Å²) in [5.74, 6) is 0.0900. The lowest BCUT2D eigenvalue weighted by Crippen LogP contribution is -2.24. The maximum absolute atomic E-state index is 12.1. The summed E-state index contributed by atoms with van der Waals surface area (Å²) in [5.41, 5.74) is -0.0334. The van der Waals surface area contributed by atoms with Crippen molar-refractivity contribution in [2.45, 2.75) is 44.3 Å². The zero-order valence-corrected chi connectivity index (χ0v) is 13.0. The second-order valence-electron chi connectivity index (χ2n) is 5.72. The van der Waals surface area contributed by atoms with E-state index in [0.29, 0.717) is 6.42 Å². The molecule has 0 radical (unpaired) electrons. The number of aromatic nitrogens is 4. The first-order chi connectivity index (χ1) is 11.5. The Balaban J connectivity index is 1.94. The Kier molecular flexibility index (Phi) is 4.71. The van der Waals surface area contributed by atoms with Crippen LogP contribution >= 0.6 is 0 Å². The van der Waals surface area contributed by atoms with Crippen LogP contribution < -0.4 is 5.56 Å². The summed E-state index contributed by atoms with van der Waals surface area (Å²) in [5, 5.41) is 28.3. The predicted molar refractivity (Wildman–Crippen MR) is 84.2 cm³/mol. The highest BCUT2D eigenvalue weighted by atomic mass is 16.5. The molecule has 1 aliphatic rings. The first kappa shape index (κ1) is 16.7. The molecule has 10 nitrogen and oxygen atoms in total. The van der Waals surface area contributed by atoms with Crippen LogP contribution in [0, 0.1) is 0 Å². The van der Waals surface area contributed by atoms with Crippen LogP contribution in [-0.2, 0) is 4.74 Å². The molecule has 24 heavy (non-hydrogen) atoms. The number of hydrogen-bond acceptors (Lipinski definition) is 8. The quantitative estimate of drug-likeness (QED) is 0.524. The summed E-state index contributed by atoms with van der Waals surface area (Å²) in [4.78, 5) is 26.9. The molecule has 10 heteroatoms. The van der Waals surface area contributed by atoms with Gasteiger partial charge < -0.3 is 20.1 Å². The van der Waals surface area contributed by atoms with Crippen molar-refractivity contribution >= 4 is 23.3 Å². The van der Waals surface area contributed by atoms with E-state index in [2.05, 4.69) is 19.9 Å². The van der Waals surface area contributed by atoms with Crippen molar-refractivity contribution in [3.8, 4) is 0 Å². The number of aliphatic imine (C=N–C) groups is 1. The van der Waals surface area contributed by atoms with Crippen molar-refractivity contribution in [2.75, 3.05) is 6.61 Å². The maximum atomic E-state index is 12.1. The zero-order chi connectivity index (χ0) is 17.3. The van der Waals surface area contributed by atoms with Gasteiger partial charge in [0.1, 0.15) is 12.3 Å². The van der Waals surface area contributed by atoms with Crippen molar-refractivity contribution in [2.24, 2.45) is 4.99 Å². The molecule has 0 spiro atoms. The summed E-state index contributed by atoms with van der Waals surface area (Å²) in [6.07, 6.45) is 0.855. The minimum Gasteiger partial charge on any atom is -0.394 e. The fourth-order valence-corrected chi connectivity index (χ4v) is 2.53. The molecule has 0 aliphatic carbocycles. The molecule has 0 bridgehead atoms. The summed E-state index contributed by atoms with van der Waals surface area (Å²) >= 11 is 0. The molecular weight excluding hydrogens is 318 g/mol. The van der Waals surface area contributed by atoms with Gasteiger partial charge in [-0.15, -0.1) is 0 Å². The van der Waals surface area contributed by atoms with Crippen LogP contribution in [0.25, 0.3) is 11.2 Å². The molecule has 2 aromatic rings. The summed E-state index contributed by atoms with van der Waals surface area (Å²) in [6, 6.07) is 0. The lowest BCUT2D eigenvalue weighted by atomic mass is 10.2. The van der Waals surface area contributed by atoms with E-state index in [0.717, 1.165) is 0 Å². The predicted octanol–water partition coefficient (Wildman–Crippen LogP) is -0.766. The number of H-pyrrole nitrogens is 1. The maximum Gasteiger partial charge on any atom is 0.280 e. The largest absolute Gasteiger partial charge is 0.394 e. The molecule has 1 fully saturated rings. The molecule has 1 aliphatic heterocycles. The number of nitrogens with zero attached hydrogens (tertiary/aromatic N) is 4. The first-order valence-electron chi connectivity index (χ1n) is 7.61. The monoisotopic (exact) mass is 337 g/mol. The van der Waals surface area contributed by atoms with Crippen LogP contribution in [0.1, 0.15) is 26.0 Å². The van der Waals surface area contributed by atoms with Gasteiger partial charge in [-0.05, 0) is 6.92 Å². The van der Waals surface area contributed by atoms with E-state index in [-0.39, 0.29) is 30.1 Å². The normalized spacial score (nSPS) is 25.8. The van der Waals surface area contributed by atoms with E-state index in [4.69, 9.17) is 4.74 Å². The minimum absolute atomic E-state index is 0.0900. The Labute approximate surface area is 136 Å². The molecular formula is C14H19N5O5. The number of hydrogen-bond donors (Lipinski definition) is 4. The van der Waals surface area contributed by atoms with E-state index in [9.17, 15) is 20.1 Å². The number of aliphatic hydroxyl groups is 3. The Morgan fingerprint density at radius 3 is 3.08 bits per heavy atom. The van der Waals surface area contributed by atoms with Crippen molar-refractivity contribution in [1.82, 2.24) is 19.5 Å². The molecule has 3 rings (SSSR count). The van der Waals surface area contributed by atoms with Gasteiger partial charge in [-0.1, -0.05) is 0 Å². The standard InChI is InChI=1S/C14H19N5O5/c1-7(21)2-3-15-14-17-12-11(13(23)18-14)16-6-19(12)10-4-8(22)9(5-20)24-10/h3,6-10,20-22H,2,4-5H2,1H3,(H,17,18,23)/b15-3+/t7?,8-,9+,10+/m0/s1. The van der Waals surface area contributed by atoms with Crippen molar-refractivity contribution in [3.05, 3.63) is 16.7 Å². The van der Waals surface area contributed by atoms with Gasteiger partial charge in [0.25, 0.3) is 5.56 Å². The molecule has 4 atom stereocenters. The van der Waals surface area contributed by atoms with E-state index >= 15 is 0 Å². The smallest absolute Gasteiger partial charge is 0.280 e. The van der Waals surface area contributed by atoms with Gasteiger partial charge in [0, 0.05) is 19.1 Å². The topological polar surface area (TPSA) is 146 Å². The number of aromatic amines is 1. The van der Waals surface area contributed by atoms with Gasteiger partial charge in [-0.3, -0.25) is 14.3 Å².